The molecule has 0 radical (unpaired) electrons. The van der Waals surface area contributed by atoms with Gasteiger partial charge in [-0.05, 0) is 41.9 Å². The third-order valence-corrected chi connectivity index (χ3v) is 2.39. The standard InChI is InChI=1S/C10H12BrNO3/c1-10(2,7-12(13)14)15-9-6-4-3-5-8(9)11/h3-6H,7H2,1-2H3. The minimum atomic E-state index is -0.812. The molecule has 0 atom stereocenters. The van der Waals surface area contributed by atoms with Crippen LogP contribution in [0.3, 0.4) is 0 Å². The number of halogens is 1. The molecule has 0 N–H and O–H groups in total. The van der Waals surface area contributed by atoms with Crippen molar-refractivity contribution in [1.82, 2.24) is 0 Å². The highest BCUT2D eigenvalue weighted by Crippen LogP contribution is 2.27. The molecule has 0 fully saturated rings. The maximum atomic E-state index is 10.4. The number of hydrogen-bond acceptors (Lipinski definition) is 3. The predicted molar refractivity (Wildman–Crippen MR) is 60.7 cm³/mol. The molecule has 1 aromatic carbocycles. The molecule has 1 rings (SSSR count). The van der Waals surface area contributed by atoms with Gasteiger partial charge < -0.3 is 4.74 Å². The summed E-state index contributed by atoms with van der Waals surface area (Å²) in [5.41, 5.74) is -0.812. The maximum absolute atomic E-state index is 10.4. The van der Waals surface area contributed by atoms with E-state index in [0.29, 0.717) is 5.75 Å². The van der Waals surface area contributed by atoms with Gasteiger partial charge in [-0.3, -0.25) is 10.1 Å². The fourth-order valence-electron chi connectivity index (χ4n) is 1.17. The molecule has 0 spiro atoms. The van der Waals surface area contributed by atoms with Crippen molar-refractivity contribution in [2.24, 2.45) is 0 Å². The molecule has 4 nitrogen and oxygen atoms in total. The molecule has 1 aromatic rings. The molecule has 0 heterocycles. The summed E-state index contributed by atoms with van der Waals surface area (Å²) in [6.45, 7) is 3.15. The lowest BCUT2D eigenvalue weighted by atomic mass is 10.1. The number of nitro groups is 1. The van der Waals surface area contributed by atoms with E-state index in [9.17, 15) is 10.1 Å². The van der Waals surface area contributed by atoms with Crippen molar-refractivity contribution in [3.05, 3.63) is 38.9 Å². The van der Waals surface area contributed by atoms with Crippen LogP contribution in [0.1, 0.15) is 13.8 Å². The Kier molecular flexibility index (Phi) is 3.68. The van der Waals surface area contributed by atoms with E-state index < -0.39 is 5.60 Å². The van der Waals surface area contributed by atoms with Gasteiger partial charge in [0.1, 0.15) is 5.75 Å². The molecule has 0 unspecified atom stereocenters. The van der Waals surface area contributed by atoms with Gasteiger partial charge in [-0.15, -0.1) is 0 Å². The maximum Gasteiger partial charge on any atom is 0.242 e. The Morgan fingerprint density at radius 1 is 1.47 bits per heavy atom. The van der Waals surface area contributed by atoms with Crippen LogP contribution < -0.4 is 4.74 Å². The van der Waals surface area contributed by atoms with E-state index in [1.807, 2.05) is 18.2 Å². The van der Waals surface area contributed by atoms with Crippen molar-refractivity contribution in [2.75, 3.05) is 6.54 Å². The van der Waals surface area contributed by atoms with Gasteiger partial charge in [0.2, 0.25) is 6.54 Å². The number of rotatable bonds is 4. The molecule has 0 aliphatic carbocycles. The van der Waals surface area contributed by atoms with Crippen LogP contribution in [0.5, 0.6) is 5.75 Å². The molecule has 0 aliphatic rings. The van der Waals surface area contributed by atoms with Crippen LogP contribution in [0.2, 0.25) is 0 Å². The molecule has 0 saturated carbocycles. The Hall–Kier alpha value is -1.10. The lowest BCUT2D eigenvalue weighted by Gasteiger charge is -2.22. The van der Waals surface area contributed by atoms with Crippen LogP contribution in [0.25, 0.3) is 0 Å². The van der Waals surface area contributed by atoms with Crippen molar-refractivity contribution in [2.45, 2.75) is 19.4 Å². The largest absolute Gasteiger partial charge is 0.480 e. The lowest BCUT2D eigenvalue weighted by Crippen LogP contribution is -2.36. The highest BCUT2D eigenvalue weighted by molar-refractivity contribution is 9.10. The second-order valence-corrected chi connectivity index (χ2v) is 4.64. The average molecular weight is 274 g/mol. The zero-order chi connectivity index (χ0) is 11.5. The van der Waals surface area contributed by atoms with Gasteiger partial charge in [0, 0.05) is 4.92 Å². The van der Waals surface area contributed by atoms with Crippen LogP contribution in [-0.4, -0.2) is 17.1 Å². The summed E-state index contributed by atoms with van der Waals surface area (Å²) < 4.78 is 6.35. The summed E-state index contributed by atoms with van der Waals surface area (Å²) in [6, 6.07) is 7.28. The first kappa shape index (κ1) is 12.0. The first-order chi connectivity index (χ1) is 6.91. The van der Waals surface area contributed by atoms with Gasteiger partial charge in [-0.2, -0.15) is 0 Å². The van der Waals surface area contributed by atoms with Crippen LogP contribution >= 0.6 is 15.9 Å². The van der Waals surface area contributed by atoms with E-state index in [2.05, 4.69) is 15.9 Å². The first-order valence-electron chi connectivity index (χ1n) is 4.46. The first-order valence-corrected chi connectivity index (χ1v) is 5.25. The number of ether oxygens (including phenoxy) is 1. The SMILES string of the molecule is CC(C)(C[N+](=O)[O-])Oc1ccccc1Br. The second-order valence-electron chi connectivity index (χ2n) is 3.78. The average Bonchev–Trinajstić information content (AvgIpc) is 2.06. The van der Waals surface area contributed by atoms with E-state index in [4.69, 9.17) is 4.74 Å². The topological polar surface area (TPSA) is 52.4 Å². The monoisotopic (exact) mass is 273 g/mol. The summed E-state index contributed by atoms with van der Waals surface area (Å²) in [6.07, 6.45) is 0. The van der Waals surface area contributed by atoms with Crippen LogP contribution in [0.15, 0.2) is 28.7 Å². The van der Waals surface area contributed by atoms with Gasteiger partial charge >= 0.3 is 0 Å². The molecule has 0 bridgehead atoms. The van der Waals surface area contributed by atoms with E-state index in [1.165, 1.54) is 0 Å². The molecular formula is C10H12BrNO3. The van der Waals surface area contributed by atoms with Crippen molar-refractivity contribution in [3.63, 3.8) is 0 Å². The van der Waals surface area contributed by atoms with E-state index in [0.717, 1.165) is 4.47 Å². The van der Waals surface area contributed by atoms with Crippen LogP contribution in [0.4, 0.5) is 0 Å². The van der Waals surface area contributed by atoms with Gasteiger partial charge in [-0.1, -0.05) is 12.1 Å². The zero-order valence-electron chi connectivity index (χ0n) is 8.57. The predicted octanol–water partition coefficient (Wildman–Crippen LogP) is 2.88. The van der Waals surface area contributed by atoms with Crippen molar-refractivity contribution in [1.29, 1.82) is 0 Å². The fraction of sp³-hybridized carbons (Fsp3) is 0.400. The summed E-state index contributed by atoms with van der Waals surface area (Å²) in [7, 11) is 0. The Morgan fingerprint density at radius 3 is 2.60 bits per heavy atom. The van der Waals surface area contributed by atoms with Crippen LogP contribution in [-0.2, 0) is 0 Å². The van der Waals surface area contributed by atoms with Crippen molar-refractivity contribution in [3.8, 4) is 5.75 Å². The Bertz CT molecular complexity index is 365. The summed E-state index contributed by atoms with van der Waals surface area (Å²) in [5.74, 6) is 0.615. The third kappa shape index (κ3) is 3.87. The third-order valence-electron chi connectivity index (χ3n) is 1.73. The molecule has 0 aromatic heterocycles. The summed E-state index contributed by atoms with van der Waals surface area (Å²) in [4.78, 5) is 10.0. The second kappa shape index (κ2) is 4.61. The van der Waals surface area contributed by atoms with Gasteiger partial charge in [0.15, 0.2) is 5.60 Å². The number of hydrogen-bond donors (Lipinski definition) is 0. The van der Waals surface area contributed by atoms with E-state index in [1.54, 1.807) is 19.9 Å². The number of nitrogens with zero attached hydrogens (tertiary/aromatic N) is 1. The Balaban J connectivity index is 2.77. The van der Waals surface area contributed by atoms with Gasteiger partial charge in [0.25, 0.3) is 0 Å². The lowest BCUT2D eigenvalue weighted by molar-refractivity contribution is -0.496. The Morgan fingerprint density at radius 2 is 2.07 bits per heavy atom. The minimum Gasteiger partial charge on any atom is -0.480 e. The van der Waals surface area contributed by atoms with Crippen molar-refractivity contribution >= 4 is 15.9 Å². The van der Waals surface area contributed by atoms with Crippen LogP contribution in [0, 0.1) is 10.1 Å². The quantitative estimate of drug-likeness (QED) is 0.626. The number of para-hydroxylation sites is 1. The Labute approximate surface area is 96.5 Å². The molecule has 82 valence electrons. The smallest absolute Gasteiger partial charge is 0.242 e. The van der Waals surface area contributed by atoms with Crippen molar-refractivity contribution < 1.29 is 9.66 Å². The number of benzene rings is 1. The normalized spacial score (nSPS) is 11.1. The molecule has 0 amide bonds. The fourth-order valence-corrected chi connectivity index (χ4v) is 1.53. The minimum absolute atomic E-state index is 0.228. The highest BCUT2D eigenvalue weighted by Gasteiger charge is 2.27. The van der Waals surface area contributed by atoms with Gasteiger partial charge in [-0.25, -0.2) is 0 Å². The van der Waals surface area contributed by atoms with Gasteiger partial charge in [0.05, 0.1) is 4.47 Å². The molecule has 5 heteroatoms. The molecular weight excluding hydrogens is 262 g/mol. The van der Waals surface area contributed by atoms with E-state index in [-0.39, 0.29) is 11.5 Å². The summed E-state index contributed by atoms with van der Waals surface area (Å²) >= 11 is 3.32. The summed E-state index contributed by atoms with van der Waals surface area (Å²) in [5, 5.41) is 10.4. The molecule has 15 heavy (non-hydrogen) atoms. The molecule has 0 saturated heterocycles. The highest BCUT2D eigenvalue weighted by atomic mass is 79.9. The molecule has 0 aliphatic heterocycles. The zero-order valence-corrected chi connectivity index (χ0v) is 10.2. The van der Waals surface area contributed by atoms with E-state index >= 15 is 0 Å².